The van der Waals surface area contributed by atoms with E-state index in [9.17, 15) is 4.79 Å². The van der Waals surface area contributed by atoms with Crippen molar-refractivity contribution in [2.45, 2.75) is 32.9 Å². The Bertz CT molecular complexity index is 402. The minimum absolute atomic E-state index is 0.319. The first kappa shape index (κ1) is 12.1. The third-order valence-electron chi connectivity index (χ3n) is 3.37. The molecule has 5 heteroatoms. The minimum Gasteiger partial charge on any atom is -0.459 e. The third kappa shape index (κ3) is 2.50. The van der Waals surface area contributed by atoms with E-state index in [-0.39, 0.29) is 5.91 Å². The molecule has 2 atom stereocenters. The number of nitrogen functional groups attached to an aromatic ring is 1. The molecule has 3 N–H and O–H groups in total. The van der Waals surface area contributed by atoms with E-state index < -0.39 is 0 Å². The van der Waals surface area contributed by atoms with Crippen LogP contribution in [-0.2, 0) is 6.54 Å². The van der Waals surface area contributed by atoms with E-state index in [1.165, 1.54) is 12.7 Å². The van der Waals surface area contributed by atoms with Crippen molar-refractivity contribution < 1.29 is 9.21 Å². The summed E-state index contributed by atoms with van der Waals surface area (Å²) in [5.74, 6) is 5.78. The van der Waals surface area contributed by atoms with Gasteiger partial charge in [-0.2, -0.15) is 0 Å². The molecule has 0 aromatic carbocycles. The molecule has 1 aliphatic heterocycles. The Morgan fingerprint density at radius 3 is 3.00 bits per heavy atom. The minimum atomic E-state index is -0.370. The molecule has 17 heavy (non-hydrogen) atoms. The van der Waals surface area contributed by atoms with E-state index in [0.29, 0.717) is 17.7 Å². The number of nitrogens with one attached hydrogen (secondary N) is 1. The molecule has 0 saturated carbocycles. The smallest absolute Gasteiger partial charge is 0.301 e. The van der Waals surface area contributed by atoms with Crippen LogP contribution in [-0.4, -0.2) is 23.4 Å². The lowest BCUT2D eigenvalue weighted by atomic mass is 10.1. The number of nitrogens with zero attached hydrogens (tertiary/aromatic N) is 1. The second kappa shape index (κ2) is 4.89. The average Bonchev–Trinajstić information content (AvgIpc) is 2.86. The summed E-state index contributed by atoms with van der Waals surface area (Å²) in [6.07, 6.45) is 2.74. The molecule has 0 radical (unpaired) electrons. The Labute approximate surface area is 101 Å². The van der Waals surface area contributed by atoms with E-state index in [1.807, 2.05) is 6.07 Å². The van der Waals surface area contributed by atoms with E-state index in [0.717, 1.165) is 18.7 Å². The van der Waals surface area contributed by atoms with Crippen molar-refractivity contribution in [3.63, 3.8) is 0 Å². The van der Waals surface area contributed by atoms with Crippen molar-refractivity contribution in [3.05, 3.63) is 23.7 Å². The number of hydrazine groups is 1. The topological polar surface area (TPSA) is 71.5 Å². The van der Waals surface area contributed by atoms with Crippen LogP contribution in [0.2, 0.25) is 0 Å². The Balaban J connectivity index is 2.09. The van der Waals surface area contributed by atoms with Crippen LogP contribution in [0.1, 0.15) is 36.4 Å². The van der Waals surface area contributed by atoms with E-state index >= 15 is 0 Å². The number of hydrogen-bond acceptors (Lipinski definition) is 4. The fourth-order valence-electron chi connectivity index (χ4n) is 2.55. The van der Waals surface area contributed by atoms with Crippen LogP contribution in [0, 0.1) is 5.92 Å². The molecule has 0 spiro atoms. The standard InChI is InChI=1S/C12H19N3O2/c1-8-5-9(2)15(6-8)7-10-3-4-17-11(10)12(16)14-13/h3-4,8-9H,5-7,13H2,1-2H3,(H,14,16). The Morgan fingerprint density at radius 1 is 1.65 bits per heavy atom. The number of rotatable bonds is 3. The van der Waals surface area contributed by atoms with Crippen LogP contribution in [0.4, 0.5) is 0 Å². The SMILES string of the molecule is CC1CC(C)N(Cc2ccoc2C(=O)NN)C1. The van der Waals surface area contributed by atoms with Crippen LogP contribution < -0.4 is 11.3 Å². The Hall–Kier alpha value is -1.33. The maximum atomic E-state index is 11.5. The summed E-state index contributed by atoms with van der Waals surface area (Å²) in [6.45, 7) is 6.27. The van der Waals surface area contributed by atoms with Gasteiger partial charge in [0, 0.05) is 24.7 Å². The van der Waals surface area contributed by atoms with E-state index in [4.69, 9.17) is 10.3 Å². The second-order valence-electron chi connectivity index (χ2n) is 4.87. The zero-order chi connectivity index (χ0) is 12.4. The lowest BCUT2D eigenvalue weighted by Crippen LogP contribution is -2.32. The van der Waals surface area contributed by atoms with Gasteiger partial charge < -0.3 is 4.42 Å². The van der Waals surface area contributed by atoms with Crippen LogP contribution in [0.25, 0.3) is 0 Å². The Kier molecular flexibility index (Phi) is 3.49. The van der Waals surface area contributed by atoms with Gasteiger partial charge in [0.25, 0.3) is 0 Å². The summed E-state index contributed by atoms with van der Waals surface area (Å²) in [5.41, 5.74) is 3.00. The highest BCUT2D eigenvalue weighted by atomic mass is 16.3. The molecule has 1 saturated heterocycles. The lowest BCUT2D eigenvalue weighted by molar-refractivity contribution is 0.0922. The fraction of sp³-hybridized carbons (Fsp3) is 0.583. The van der Waals surface area contributed by atoms with Crippen LogP contribution in [0.15, 0.2) is 16.7 Å². The van der Waals surface area contributed by atoms with Crippen molar-refractivity contribution in [3.8, 4) is 0 Å². The molecule has 2 unspecified atom stereocenters. The predicted octanol–water partition coefficient (Wildman–Crippen LogP) is 1.11. The zero-order valence-corrected chi connectivity index (χ0v) is 10.3. The summed E-state index contributed by atoms with van der Waals surface area (Å²) in [6, 6.07) is 2.38. The maximum absolute atomic E-state index is 11.5. The summed E-state index contributed by atoms with van der Waals surface area (Å²) in [4.78, 5) is 13.8. The van der Waals surface area contributed by atoms with Crippen molar-refractivity contribution in [1.29, 1.82) is 0 Å². The summed E-state index contributed by atoms with van der Waals surface area (Å²) in [7, 11) is 0. The second-order valence-corrected chi connectivity index (χ2v) is 4.87. The Morgan fingerprint density at radius 2 is 2.41 bits per heavy atom. The first-order valence-electron chi connectivity index (χ1n) is 5.93. The molecule has 94 valence electrons. The van der Waals surface area contributed by atoms with Gasteiger partial charge in [0.15, 0.2) is 5.76 Å². The molecule has 1 fully saturated rings. The first-order chi connectivity index (χ1) is 8.11. The summed E-state index contributed by atoms with van der Waals surface area (Å²) in [5, 5.41) is 0. The van der Waals surface area contributed by atoms with Gasteiger partial charge in [0.2, 0.25) is 0 Å². The first-order valence-corrected chi connectivity index (χ1v) is 5.93. The monoisotopic (exact) mass is 237 g/mol. The third-order valence-corrected chi connectivity index (χ3v) is 3.37. The van der Waals surface area contributed by atoms with Crippen molar-refractivity contribution in [2.75, 3.05) is 6.54 Å². The molecule has 2 rings (SSSR count). The highest BCUT2D eigenvalue weighted by Gasteiger charge is 2.27. The maximum Gasteiger partial charge on any atom is 0.301 e. The van der Waals surface area contributed by atoms with Gasteiger partial charge in [-0.15, -0.1) is 0 Å². The quantitative estimate of drug-likeness (QED) is 0.469. The average molecular weight is 237 g/mol. The molecule has 1 aromatic rings. The van der Waals surface area contributed by atoms with Crippen molar-refractivity contribution in [2.24, 2.45) is 11.8 Å². The van der Waals surface area contributed by atoms with Gasteiger partial charge in [-0.25, -0.2) is 5.84 Å². The molecule has 0 bridgehead atoms. The van der Waals surface area contributed by atoms with E-state index in [1.54, 1.807) is 0 Å². The molecule has 5 nitrogen and oxygen atoms in total. The van der Waals surface area contributed by atoms with Gasteiger partial charge in [-0.05, 0) is 25.3 Å². The van der Waals surface area contributed by atoms with Gasteiger partial charge >= 0.3 is 5.91 Å². The van der Waals surface area contributed by atoms with Gasteiger partial charge in [0.05, 0.1) is 6.26 Å². The normalized spacial score (nSPS) is 25.1. The molecule has 2 heterocycles. The summed E-state index contributed by atoms with van der Waals surface area (Å²) < 4.78 is 5.17. The number of hydrogen-bond donors (Lipinski definition) is 2. The van der Waals surface area contributed by atoms with Crippen LogP contribution in [0.3, 0.4) is 0 Å². The molecular formula is C12H19N3O2. The molecule has 1 amide bonds. The number of furan rings is 1. The number of carbonyl (C=O) groups is 1. The highest BCUT2D eigenvalue weighted by molar-refractivity contribution is 5.92. The van der Waals surface area contributed by atoms with Crippen LogP contribution in [0.5, 0.6) is 0 Å². The number of nitrogens with two attached hydrogens (primary N) is 1. The zero-order valence-electron chi connectivity index (χ0n) is 10.3. The number of amides is 1. The van der Waals surface area contributed by atoms with E-state index in [2.05, 4.69) is 24.2 Å². The molecular weight excluding hydrogens is 218 g/mol. The van der Waals surface area contributed by atoms with Crippen molar-refractivity contribution in [1.82, 2.24) is 10.3 Å². The fourth-order valence-corrected chi connectivity index (χ4v) is 2.55. The molecule has 1 aliphatic rings. The van der Waals surface area contributed by atoms with Gasteiger partial charge in [-0.3, -0.25) is 15.1 Å². The lowest BCUT2D eigenvalue weighted by Gasteiger charge is -2.20. The molecule has 1 aromatic heterocycles. The predicted molar refractivity (Wildman–Crippen MR) is 64.0 cm³/mol. The largest absolute Gasteiger partial charge is 0.459 e. The van der Waals surface area contributed by atoms with Gasteiger partial charge in [0.1, 0.15) is 0 Å². The van der Waals surface area contributed by atoms with Crippen LogP contribution >= 0.6 is 0 Å². The summed E-state index contributed by atoms with van der Waals surface area (Å²) >= 11 is 0. The molecule has 0 aliphatic carbocycles. The van der Waals surface area contributed by atoms with Gasteiger partial charge in [-0.1, -0.05) is 6.92 Å². The highest BCUT2D eigenvalue weighted by Crippen LogP contribution is 2.25. The number of likely N-dealkylation sites (tertiary alicyclic amines) is 1. The van der Waals surface area contributed by atoms with Crippen molar-refractivity contribution >= 4 is 5.91 Å². The number of carbonyl (C=O) groups excluding carboxylic acids is 1.